The van der Waals surface area contributed by atoms with Gasteiger partial charge in [0.2, 0.25) is 0 Å². The minimum Gasteiger partial charge on any atom is -0.335 e. The Morgan fingerprint density at radius 2 is 2.00 bits per heavy atom. The number of anilines is 1. The second kappa shape index (κ2) is 5.33. The van der Waals surface area contributed by atoms with Crippen LogP contribution in [0.5, 0.6) is 0 Å². The average molecular weight is 261 g/mol. The predicted octanol–water partition coefficient (Wildman–Crippen LogP) is 3.01. The highest BCUT2D eigenvalue weighted by atomic mass is 32.2. The van der Waals surface area contributed by atoms with Gasteiger partial charge in [-0.3, -0.25) is 4.99 Å². The van der Waals surface area contributed by atoms with Gasteiger partial charge in [0.1, 0.15) is 0 Å². The van der Waals surface area contributed by atoms with E-state index in [2.05, 4.69) is 41.8 Å². The SMILES string of the molecule is CC1SC(=NC2CCNCC2)Nc2ccccc21. The standard InChI is InChI=1S/C14H19N3S/c1-10-12-4-2-3-5-13(12)17-14(18-10)16-11-6-8-15-9-7-11/h2-5,10-11,15H,6-9H2,1H3,(H,16,17). The van der Waals surface area contributed by atoms with Crippen molar-refractivity contribution in [1.29, 1.82) is 0 Å². The number of amidine groups is 1. The van der Waals surface area contributed by atoms with Crippen LogP contribution in [-0.4, -0.2) is 24.3 Å². The largest absolute Gasteiger partial charge is 0.335 e. The van der Waals surface area contributed by atoms with Crippen molar-refractivity contribution in [3.8, 4) is 0 Å². The summed E-state index contributed by atoms with van der Waals surface area (Å²) in [6, 6.07) is 9.01. The number of rotatable bonds is 1. The number of thioether (sulfide) groups is 1. The molecule has 2 heterocycles. The molecule has 1 aromatic carbocycles. The number of para-hydroxylation sites is 1. The molecule has 1 saturated heterocycles. The van der Waals surface area contributed by atoms with Crippen LogP contribution in [-0.2, 0) is 0 Å². The lowest BCUT2D eigenvalue weighted by Crippen LogP contribution is -2.31. The second-order valence-corrected chi connectivity index (χ2v) is 6.22. The lowest BCUT2D eigenvalue weighted by molar-refractivity contribution is 0.460. The van der Waals surface area contributed by atoms with E-state index in [9.17, 15) is 0 Å². The maximum atomic E-state index is 4.87. The van der Waals surface area contributed by atoms with Crippen LogP contribution in [0.2, 0.25) is 0 Å². The molecule has 1 unspecified atom stereocenters. The Bertz CT molecular complexity index is 452. The molecule has 1 aromatic rings. The molecule has 4 heteroatoms. The number of hydrogen-bond acceptors (Lipinski definition) is 3. The Balaban J connectivity index is 1.78. The van der Waals surface area contributed by atoms with Gasteiger partial charge in [0.15, 0.2) is 5.17 Å². The Kier molecular flexibility index (Phi) is 3.57. The maximum absolute atomic E-state index is 4.87. The molecule has 18 heavy (non-hydrogen) atoms. The number of benzene rings is 1. The van der Waals surface area contributed by atoms with Crippen LogP contribution in [0.25, 0.3) is 0 Å². The van der Waals surface area contributed by atoms with Crippen molar-refractivity contribution in [3.63, 3.8) is 0 Å². The van der Waals surface area contributed by atoms with Gasteiger partial charge in [0.25, 0.3) is 0 Å². The number of piperidine rings is 1. The lowest BCUT2D eigenvalue weighted by atomic mass is 10.1. The van der Waals surface area contributed by atoms with Crippen LogP contribution >= 0.6 is 11.8 Å². The van der Waals surface area contributed by atoms with Crippen molar-refractivity contribution < 1.29 is 0 Å². The number of nitrogens with one attached hydrogen (secondary N) is 2. The molecule has 3 nitrogen and oxygen atoms in total. The monoisotopic (exact) mass is 261 g/mol. The molecule has 0 aliphatic carbocycles. The van der Waals surface area contributed by atoms with Crippen molar-refractivity contribution in [2.75, 3.05) is 18.4 Å². The maximum Gasteiger partial charge on any atom is 0.161 e. The third-order valence-electron chi connectivity index (χ3n) is 3.54. The van der Waals surface area contributed by atoms with E-state index in [1.54, 1.807) is 0 Å². The Morgan fingerprint density at radius 3 is 2.83 bits per heavy atom. The highest BCUT2D eigenvalue weighted by Crippen LogP contribution is 2.39. The first kappa shape index (κ1) is 12.1. The molecule has 3 rings (SSSR count). The van der Waals surface area contributed by atoms with Crippen LogP contribution in [0.1, 0.15) is 30.6 Å². The van der Waals surface area contributed by atoms with E-state index in [0.29, 0.717) is 11.3 Å². The summed E-state index contributed by atoms with van der Waals surface area (Å²) in [6.45, 7) is 4.44. The smallest absolute Gasteiger partial charge is 0.161 e. The van der Waals surface area contributed by atoms with Gasteiger partial charge in [-0.05, 0) is 44.5 Å². The molecule has 2 aliphatic heterocycles. The van der Waals surface area contributed by atoms with Crippen molar-refractivity contribution >= 4 is 22.6 Å². The molecular weight excluding hydrogens is 242 g/mol. The van der Waals surface area contributed by atoms with Crippen molar-refractivity contribution in [3.05, 3.63) is 29.8 Å². The molecule has 0 aromatic heterocycles. The summed E-state index contributed by atoms with van der Waals surface area (Å²) < 4.78 is 0. The highest BCUT2D eigenvalue weighted by molar-refractivity contribution is 8.14. The molecule has 0 saturated carbocycles. The Labute approximate surface area is 112 Å². The van der Waals surface area contributed by atoms with E-state index >= 15 is 0 Å². The van der Waals surface area contributed by atoms with Crippen LogP contribution < -0.4 is 10.6 Å². The summed E-state index contributed by atoms with van der Waals surface area (Å²) in [7, 11) is 0. The van der Waals surface area contributed by atoms with Gasteiger partial charge in [-0.25, -0.2) is 0 Å². The number of nitrogens with zero attached hydrogens (tertiary/aromatic N) is 1. The highest BCUT2D eigenvalue weighted by Gasteiger charge is 2.22. The van der Waals surface area contributed by atoms with Crippen molar-refractivity contribution in [2.24, 2.45) is 4.99 Å². The van der Waals surface area contributed by atoms with Gasteiger partial charge < -0.3 is 10.6 Å². The molecule has 2 aliphatic rings. The summed E-state index contributed by atoms with van der Waals surface area (Å²) in [5.74, 6) is 0. The molecule has 0 amide bonds. The van der Waals surface area contributed by atoms with Crippen LogP contribution in [0, 0.1) is 0 Å². The fourth-order valence-corrected chi connectivity index (χ4v) is 3.55. The second-order valence-electron chi connectivity index (χ2n) is 4.89. The number of aliphatic imine (C=N–C) groups is 1. The van der Waals surface area contributed by atoms with Gasteiger partial charge in [-0.2, -0.15) is 0 Å². The molecule has 1 fully saturated rings. The zero-order valence-corrected chi connectivity index (χ0v) is 11.5. The van der Waals surface area contributed by atoms with E-state index in [-0.39, 0.29) is 0 Å². The summed E-state index contributed by atoms with van der Waals surface area (Å²) in [5, 5.41) is 8.43. The van der Waals surface area contributed by atoms with Crippen LogP contribution in [0.4, 0.5) is 5.69 Å². The fourth-order valence-electron chi connectivity index (χ4n) is 2.51. The van der Waals surface area contributed by atoms with E-state index in [4.69, 9.17) is 4.99 Å². The van der Waals surface area contributed by atoms with Gasteiger partial charge in [0, 0.05) is 10.9 Å². The first-order valence-corrected chi connectivity index (χ1v) is 7.52. The van der Waals surface area contributed by atoms with Gasteiger partial charge in [-0.1, -0.05) is 30.0 Å². The first-order chi connectivity index (χ1) is 8.83. The first-order valence-electron chi connectivity index (χ1n) is 6.64. The van der Waals surface area contributed by atoms with Gasteiger partial charge >= 0.3 is 0 Å². The Morgan fingerprint density at radius 1 is 1.22 bits per heavy atom. The summed E-state index contributed by atoms with van der Waals surface area (Å²) in [5.41, 5.74) is 2.60. The molecule has 0 spiro atoms. The third kappa shape index (κ3) is 2.54. The predicted molar refractivity (Wildman–Crippen MR) is 79.4 cm³/mol. The quantitative estimate of drug-likeness (QED) is 0.816. The fraction of sp³-hybridized carbons (Fsp3) is 0.500. The molecule has 0 bridgehead atoms. The van der Waals surface area contributed by atoms with Gasteiger partial charge in [0.05, 0.1) is 6.04 Å². The van der Waals surface area contributed by atoms with Gasteiger partial charge in [-0.15, -0.1) is 0 Å². The van der Waals surface area contributed by atoms with Crippen LogP contribution in [0.3, 0.4) is 0 Å². The van der Waals surface area contributed by atoms with E-state index in [1.165, 1.54) is 11.3 Å². The number of hydrogen-bond donors (Lipinski definition) is 2. The number of fused-ring (bicyclic) bond motifs is 1. The average Bonchev–Trinajstić information content (AvgIpc) is 2.40. The van der Waals surface area contributed by atoms with E-state index in [1.807, 2.05) is 11.8 Å². The summed E-state index contributed by atoms with van der Waals surface area (Å²) >= 11 is 1.84. The normalized spacial score (nSPS) is 26.7. The van der Waals surface area contributed by atoms with E-state index in [0.717, 1.165) is 31.1 Å². The molecule has 2 N–H and O–H groups in total. The zero-order valence-electron chi connectivity index (χ0n) is 10.6. The third-order valence-corrected chi connectivity index (χ3v) is 4.58. The topological polar surface area (TPSA) is 36.4 Å². The lowest BCUT2D eigenvalue weighted by Gasteiger charge is -2.26. The van der Waals surface area contributed by atoms with Crippen molar-refractivity contribution in [2.45, 2.75) is 31.1 Å². The molecule has 0 radical (unpaired) electrons. The molecular formula is C14H19N3S. The van der Waals surface area contributed by atoms with E-state index < -0.39 is 0 Å². The summed E-state index contributed by atoms with van der Waals surface area (Å²) in [4.78, 5) is 4.87. The summed E-state index contributed by atoms with van der Waals surface area (Å²) in [6.07, 6.45) is 2.31. The molecule has 1 atom stereocenters. The van der Waals surface area contributed by atoms with Crippen molar-refractivity contribution in [1.82, 2.24) is 5.32 Å². The van der Waals surface area contributed by atoms with Crippen LogP contribution in [0.15, 0.2) is 29.3 Å². The minimum absolute atomic E-state index is 0.485. The Hall–Kier alpha value is -1.00. The minimum atomic E-state index is 0.485. The zero-order chi connectivity index (χ0) is 12.4. The molecule has 96 valence electrons.